The second kappa shape index (κ2) is 6.23. The van der Waals surface area contributed by atoms with E-state index in [4.69, 9.17) is 5.73 Å². The van der Waals surface area contributed by atoms with Crippen LogP contribution in [0.2, 0.25) is 0 Å². The van der Waals surface area contributed by atoms with Gasteiger partial charge in [-0.1, -0.05) is 0 Å². The number of halogens is 3. The van der Waals surface area contributed by atoms with Crippen molar-refractivity contribution < 1.29 is 18.0 Å². The van der Waals surface area contributed by atoms with Gasteiger partial charge in [0.15, 0.2) is 0 Å². The number of nitrogens with zero attached hydrogens (tertiary/aromatic N) is 1. The number of rotatable bonds is 6. The Morgan fingerprint density at radius 2 is 2.00 bits per heavy atom. The average molecular weight is 252 g/mol. The lowest BCUT2D eigenvalue weighted by atomic mass is 9.91. The molecule has 0 spiro atoms. The van der Waals surface area contributed by atoms with E-state index in [-0.39, 0.29) is 11.9 Å². The number of hydrogen-bond acceptors (Lipinski definition) is 2. The van der Waals surface area contributed by atoms with Gasteiger partial charge in [-0.3, -0.25) is 4.79 Å². The van der Waals surface area contributed by atoms with Crippen molar-refractivity contribution in [1.82, 2.24) is 4.90 Å². The van der Waals surface area contributed by atoms with Crippen molar-refractivity contribution in [2.24, 2.45) is 5.73 Å². The van der Waals surface area contributed by atoms with Crippen LogP contribution < -0.4 is 5.73 Å². The summed E-state index contributed by atoms with van der Waals surface area (Å²) < 4.78 is 36.1. The molecule has 3 nitrogen and oxygen atoms in total. The summed E-state index contributed by atoms with van der Waals surface area (Å²) in [6.45, 7) is 0.938. The second-order valence-electron chi connectivity index (χ2n) is 4.43. The van der Waals surface area contributed by atoms with E-state index in [1.165, 1.54) is 0 Å². The third kappa shape index (κ3) is 4.93. The minimum atomic E-state index is -4.26. The van der Waals surface area contributed by atoms with E-state index >= 15 is 0 Å². The number of nitrogens with two attached hydrogens (primary N) is 1. The fourth-order valence-electron chi connectivity index (χ4n) is 1.86. The van der Waals surface area contributed by atoms with Gasteiger partial charge in [0.1, 0.15) is 0 Å². The number of carbonyl (C=O) groups excluding carboxylic acids is 1. The smallest absolute Gasteiger partial charge is 0.340 e. The average Bonchev–Trinajstić information content (AvgIpc) is 2.16. The van der Waals surface area contributed by atoms with E-state index in [0.717, 1.165) is 19.3 Å². The number of amides is 1. The first kappa shape index (κ1) is 14.3. The topological polar surface area (TPSA) is 46.3 Å². The number of carbonyl (C=O) groups is 1. The van der Waals surface area contributed by atoms with Gasteiger partial charge in [0.2, 0.25) is 5.91 Å². The van der Waals surface area contributed by atoms with Crippen molar-refractivity contribution in [3.63, 3.8) is 0 Å². The molecular formula is C11H19F3N2O. The maximum Gasteiger partial charge on any atom is 0.389 e. The first-order valence-corrected chi connectivity index (χ1v) is 6.00. The molecule has 0 aliphatic heterocycles. The van der Waals surface area contributed by atoms with E-state index in [2.05, 4.69) is 0 Å². The zero-order valence-corrected chi connectivity index (χ0v) is 9.80. The van der Waals surface area contributed by atoms with Gasteiger partial charge in [-0.05, 0) is 32.2 Å². The maximum absolute atomic E-state index is 12.0. The van der Waals surface area contributed by atoms with Gasteiger partial charge < -0.3 is 10.6 Å². The summed E-state index contributed by atoms with van der Waals surface area (Å²) in [4.78, 5) is 13.3. The summed E-state index contributed by atoms with van der Waals surface area (Å²) in [6, 6.07) is 0.141. The molecule has 0 radical (unpaired) electrons. The van der Waals surface area contributed by atoms with Crippen LogP contribution >= 0.6 is 0 Å². The Kier molecular flexibility index (Phi) is 5.24. The van der Waals surface area contributed by atoms with Crippen molar-refractivity contribution in [2.75, 3.05) is 13.1 Å². The lowest BCUT2D eigenvalue weighted by molar-refractivity contribution is -0.151. The van der Waals surface area contributed by atoms with Crippen LogP contribution in [0.3, 0.4) is 0 Å². The maximum atomic E-state index is 12.0. The molecule has 100 valence electrons. The van der Waals surface area contributed by atoms with Crippen LogP contribution in [0.25, 0.3) is 0 Å². The summed E-state index contributed by atoms with van der Waals surface area (Å²) in [5.74, 6) is -0.388. The Morgan fingerprint density at radius 1 is 1.35 bits per heavy atom. The molecule has 0 unspecified atom stereocenters. The molecule has 1 aliphatic carbocycles. The molecular weight excluding hydrogens is 233 g/mol. The van der Waals surface area contributed by atoms with Crippen molar-refractivity contribution in [1.29, 1.82) is 0 Å². The Morgan fingerprint density at radius 3 is 2.41 bits per heavy atom. The predicted octanol–water partition coefficient (Wildman–Crippen LogP) is 2.06. The van der Waals surface area contributed by atoms with Crippen LogP contribution in [0, 0.1) is 0 Å². The van der Waals surface area contributed by atoms with Crippen LogP contribution in [0.4, 0.5) is 13.2 Å². The highest BCUT2D eigenvalue weighted by molar-refractivity contribution is 5.76. The van der Waals surface area contributed by atoms with Gasteiger partial charge in [0, 0.05) is 19.0 Å². The minimum Gasteiger partial charge on any atom is -0.340 e. The standard InChI is InChI=1S/C11H19F3N2O/c12-11(13,14)6-5-10(17)16(8-2-7-15)9-3-1-4-9/h9H,1-8,15H2. The predicted molar refractivity (Wildman–Crippen MR) is 58.3 cm³/mol. The molecule has 0 aromatic rings. The van der Waals surface area contributed by atoms with Gasteiger partial charge in [0.05, 0.1) is 6.42 Å². The third-order valence-electron chi connectivity index (χ3n) is 3.06. The summed E-state index contributed by atoms with van der Waals surface area (Å²) in [6.07, 6.45) is -2.22. The largest absolute Gasteiger partial charge is 0.389 e. The van der Waals surface area contributed by atoms with Crippen LogP contribution in [0.5, 0.6) is 0 Å². The second-order valence-corrected chi connectivity index (χ2v) is 4.43. The van der Waals surface area contributed by atoms with Crippen LogP contribution in [-0.4, -0.2) is 36.1 Å². The molecule has 0 saturated heterocycles. The fourth-order valence-corrected chi connectivity index (χ4v) is 1.86. The first-order valence-electron chi connectivity index (χ1n) is 6.00. The van der Waals surface area contributed by atoms with Crippen LogP contribution in [0.1, 0.15) is 38.5 Å². The Hall–Kier alpha value is -0.780. The highest BCUT2D eigenvalue weighted by atomic mass is 19.4. The zero-order valence-electron chi connectivity index (χ0n) is 9.80. The third-order valence-corrected chi connectivity index (χ3v) is 3.06. The molecule has 1 rings (SSSR count). The van der Waals surface area contributed by atoms with Crippen LogP contribution in [-0.2, 0) is 4.79 Å². The minimum absolute atomic E-state index is 0.141. The molecule has 17 heavy (non-hydrogen) atoms. The highest BCUT2D eigenvalue weighted by Crippen LogP contribution is 2.27. The molecule has 0 aromatic carbocycles. The van der Waals surface area contributed by atoms with E-state index in [0.29, 0.717) is 19.5 Å². The Balaban J connectivity index is 2.41. The summed E-state index contributed by atoms with van der Waals surface area (Å²) in [7, 11) is 0. The molecule has 1 amide bonds. The lowest BCUT2D eigenvalue weighted by Crippen LogP contribution is -2.45. The molecule has 2 N–H and O–H groups in total. The SMILES string of the molecule is NCCCN(C(=O)CCC(F)(F)F)C1CCC1. The molecule has 1 aliphatic rings. The van der Waals surface area contributed by atoms with Crippen LogP contribution in [0.15, 0.2) is 0 Å². The highest BCUT2D eigenvalue weighted by Gasteiger charge is 2.32. The van der Waals surface area contributed by atoms with E-state index < -0.39 is 19.0 Å². The van der Waals surface area contributed by atoms with E-state index in [1.54, 1.807) is 4.90 Å². The van der Waals surface area contributed by atoms with Gasteiger partial charge in [-0.2, -0.15) is 13.2 Å². The van der Waals surface area contributed by atoms with Gasteiger partial charge in [-0.15, -0.1) is 0 Å². The van der Waals surface area contributed by atoms with Crippen molar-refractivity contribution in [3.05, 3.63) is 0 Å². The zero-order chi connectivity index (χ0) is 12.9. The molecule has 1 saturated carbocycles. The molecule has 1 fully saturated rings. The first-order chi connectivity index (χ1) is 7.94. The van der Waals surface area contributed by atoms with Gasteiger partial charge in [-0.25, -0.2) is 0 Å². The summed E-state index contributed by atoms with van der Waals surface area (Å²) in [5, 5.41) is 0. The quantitative estimate of drug-likeness (QED) is 0.786. The molecule has 0 atom stereocenters. The molecule has 0 aromatic heterocycles. The van der Waals surface area contributed by atoms with E-state index in [1.807, 2.05) is 0 Å². The van der Waals surface area contributed by atoms with Gasteiger partial charge in [0.25, 0.3) is 0 Å². The lowest BCUT2D eigenvalue weighted by Gasteiger charge is -2.37. The number of alkyl halides is 3. The molecule has 0 bridgehead atoms. The van der Waals surface area contributed by atoms with Crippen molar-refractivity contribution in [2.45, 2.75) is 50.7 Å². The molecule has 6 heteroatoms. The summed E-state index contributed by atoms with van der Waals surface area (Å²) >= 11 is 0. The normalized spacial score (nSPS) is 16.7. The van der Waals surface area contributed by atoms with Crippen molar-refractivity contribution in [3.8, 4) is 0 Å². The van der Waals surface area contributed by atoms with Gasteiger partial charge >= 0.3 is 6.18 Å². The molecule has 0 heterocycles. The Bertz CT molecular complexity index is 252. The van der Waals surface area contributed by atoms with E-state index in [9.17, 15) is 18.0 Å². The fraction of sp³-hybridized carbons (Fsp3) is 0.909. The number of hydrogen-bond donors (Lipinski definition) is 1. The monoisotopic (exact) mass is 252 g/mol. The Labute approximate surface area is 99.1 Å². The van der Waals surface area contributed by atoms with Crippen molar-refractivity contribution >= 4 is 5.91 Å². The summed E-state index contributed by atoms with van der Waals surface area (Å²) in [5.41, 5.74) is 5.36.